The molecule has 0 spiro atoms. The van der Waals surface area contributed by atoms with Gasteiger partial charge in [0.05, 0.1) is 6.10 Å². The van der Waals surface area contributed by atoms with Crippen molar-refractivity contribution >= 4 is 12.3 Å². The second kappa shape index (κ2) is 4.55. The van der Waals surface area contributed by atoms with Crippen molar-refractivity contribution in [3.05, 3.63) is 18.2 Å². The highest BCUT2D eigenvalue weighted by atomic mass is 16.5. The van der Waals surface area contributed by atoms with Crippen molar-refractivity contribution < 1.29 is 14.3 Å². The molecule has 5 heteroatoms. The number of nitrogens with zero attached hydrogens (tertiary/aromatic N) is 2. The summed E-state index contributed by atoms with van der Waals surface area (Å²) in [5.41, 5.74) is 0. The molecule has 1 heterocycles. The van der Waals surface area contributed by atoms with E-state index < -0.39 is 0 Å². The third-order valence-corrected chi connectivity index (χ3v) is 1.52. The van der Waals surface area contributed by atoms with Crippen LogP contribution in [-0.4, -0.2) is 27.9 Å². The largest absolute Gasteiger partial charge is 0.462 e. The molecule has 0 fully saturated rings. The molecule has 1 aromatic heterocycles. The van der Waals surface area contributed by atoms with Gasteiger partial charge in [-0.1, -0.05) is 0 Å². The number of rotatable bonds is 4. The van der Waals surface area contributed by atoms with Crippen molar-refractivity contribution in [2.24, 2.45) is 0 Å². The van der Waals surface area contributed by atoms with E-state index in [1.165, 1.54) is 10.8 Å². The van der Waals surface area contributed by atoms with Crippen molar-refractivity contribution in [3.63, 3.8) is 0 Å². The van der Waals surface area contributed by atoms with Gasteiger partial charge in [0, 0.05) is 12.4 Å². The second-order valence-corrected chi connectivity index (χ2v) is 3.07. The maximum atomic E-state index is 11.2. The zero-order chi connectivity index (χ0) is 10.6. The van der Waals surface area contributed by atoms with Crippen molar-refractivity contribution in [3.8, 4) is 0 Å². The number of carbonyl (C=O) groups is 2. The van der Waals surface area contributed by atoms with Gasteiger partial charge >= 0.3 is 5.97 Å². The van der Waals surface area contributed by atoms with Gasteiger partial charge in [0.1, 0.15) is 6.54 Å². The van der Waals surface area contributed by atoms with E-state index in [-0.39, 0.29) is 24.4 Å². The van der Waals surface area contributed by atoms with Crippen molar-refractivity contribution in [1.82, 2.24) is 9.55 Å². The first-order valence-corrected chi connectivity index (χ1v) is 4.29. The van der Waals surface area contributed by atoms with Gasteiger partial charge in [-0.05, 0) is 13.8 Å². The number of imidazole rings is 1. The van der Waals surface area contributed by atoms with Gasteiger partial charge in [-0.2, -0.15) is 0 Å². The summed E-state index contributed by atoms with van der Waals surface area (Å²) >= 11 is 0. The summed E-state index contributed by atoms with van der Waals surface area (Å²) in [6.45, 7) is 3.56. The van der Waals surface area contributed by atoms with Crippen LogP contribution in [0.5, 0.6) is 0 Å². The van der Waals surface area contributed by atoms with E-state index in [0.29, 0.717) is 6.29 Å². The van der Waals surface area contributed by atoms with Crippen LogP contribution in [0.1, 0.15) is 24.5 Å². The highest BCUT2D eigenvalue weighted by Crippen LogP contribution is 1.97. The number of ether oxygens (including phenoxy) is 1. The number of carbonyl (C=O) groups excluding carboxylic acids is 2. The lowest BCUT2D eigenvalue weighted by Gasteiger charge is -2.08. The molecule has 1 rings (SSSR count). The van der Waals surface area contributed by atoms with Crippen molar-refractivity contribution in [1.29, 1.82) is 0 Å². The molecule has 0 N–H and O–H groups in total. The smallest absolute Gasteiger partial charge is 0.326 e. The predicted octanol–water partition coefficient (Wildman–Crippen LogP) is 0.647. The first kappa shape index (κ1) is 10.4. The number of aldehydes is 1. The summed E-state index contributed by atoms with van der Waals surface area (Å²) in [4.78, 5) is 25.4. The molecular weight excluding hydrogens is 184 g/mol. The number of aromatic nitrogens is 2. The Morgan fingerprint density at radius 2 is 2.43 bits per heavy atom. The van der Waals surface area contributed by atoms with Crippen LogP contribution in [0.2, 0.25) is 0 Å². The summed E-state index contributed by atoms with van der Waals surface area (Å²) in [5.74, 6) is -0.146. The molecule has 0 amide bonds. The zero-order valence-electron chi connectivity index (χ0n) is 8.14. The molecule has 0 aliphatic rings. The average Bonchev–Trinajstić information content (AvgIpc) is 2.50. The zero-order valence-corrected chi connectivity index (χ0v) is 8.14. The standard InChI is InChI=1S/C9H12N2O3/c1-7(2)14-9(13)5-11-4-3-10-8(11)6-12/h3-4,6-7H,5H2,1-2H3. The average molecular weight is 196 g/mol. The Morgan fingerprint density at radius 1 is 1.71 bits per heavy atom. The first-order valence-electron chi connectivity index (χ1n) is 4.29. The fourth-order valence-corrected chi connectivity index (χ4v) is 1.01. The van der Waals surface area contributed by atoms with Crippen LogP contribution in [0.15, 0.2) is 12.4 Å². The Labute approximate surface area is 81.7 Å². The summed E-state index contributed by atoms with van der Waals surface area (Å²) in [7, 11) is 0. The minimum absolute atomic E-state index is 0.0201. The Morgan fingerprint density at radius 3 is 3.00 bits per heavy atom. The van der Waals surface area contributed by atoms with E-state index in [1.807, 2.05) is 0 Å². The van der Waals surface area contributed by atoms with E-state index in [2.05, 4.69) is 4.98 Å². The van der Waals surface area contributed by atoms with Crippen LogP contribution in [0.3, 0.4) is 0 Å². The van der Waals surface area contributed by atoms with E-state index in [4.69, 9.17) is 4.74 Å². The lowest BCUT2D eigenvalue weighted by molar-refractivity contribution is -0.148. The van der Waals surface area contributed by atoms with E-state index in [0.717, 1.165) is 0 Å². The summed E-state index contributed by atoms with van der Waals surface area (Å²) < 4.78 is 6.36. The molecular formula is C9H12N2O3. The number of hydrogen-bond donors (Lipinski definition) is 0. The Balaban J connectivity index is 2.60. The van der Waals surface area contributed by atoms with Crippen molar-refractivity contribution in [2.75, 3.05) is 0 Å². The Hall–Kier alpha value is -1.65. The second-order valence-electron chi connectivity index (χ2n) is 3.07. The molecule has 0 aromatic carbocycles. The summed E-state index contributed by atoms with van der Waals surface area (Å²) in [5, 5.41) is 0. The maximum absolute atomic E-state index is 11.2. The molecule has 1 aromatic rings. The van der Waals surface area contributed by atoms with Gasteiger partial charge in [0.25, 0.3) is 0 Å². The van der Waals surface area contributed by atoms with E-state index in [1.54, 1.807) is 20.0 Å². The molecule has 0 atom stereocenters. The minimum Gasteiger partial charge on any atom is -0.462 e. The highest BCUT2D eigenvalue weighted by Gasteiger charge is 2.09. The highest BCUT2D eigenvalue weighted by molar-refractivity contribution is 5.73. The molecule has 0 aliphatic heterocycles. The quantitative estimate of drug-likeness (QED) is 0.524. The molecule has 5 nitrogen and oxygen atoms in total. The minimum atomic E-state index is -0.374. The molecule has 0 radical (unpaired) electrons. The number of esters is 1. The monoisotopic (exact) mass is 196 g/mol. The SMILES string of the molecule is CC(C)OC(=O)Cn1ccnc1C=O. The summed E-state index contributed by atoms with van der Waals surface area (Å²) in [6.07, 6.45) is 3.48. The predicted molar refractivity (Wildman–Crippen MR) is 48.8 cm³/mol. The van der Waals surface area contributed by atoms with Crippen LogP contribution >= 0.6 is 0 Å². The molecule has 0 saturated heterocycles. The molecule has 0 bridgehead atoms. The normalized spacial score (nSPS) is 10.2. The first-order chi connectivity index (χ1) is 6.63. The molecule has 14 heavy (non-hydrogen) atoms. The molecule has 0 aliphatic carbocycles. The molecule has 0 unspecified atom stereocenters. The van der Waals surface area contributed by atoms with Gasteiger partial charge in [-0.15, -0.1) is 0 Å². The third kappa shape index (κ3) is 2.69. The molecule has 76 valence electrons. The lowest BCUT2D eigenvalue weighted by atomic mass is 10.5. The van der Waals surface area contributed by atoms with Crippen LogP contribution in [0.25, 0.3) is 0 Å². The van der Waals surface area contributed by atoms with Crippen LogP contribution < -0.4 is 0 Å². The lowest BCUT2D eigenvalue weighted by Crippen LogP contribution is -2.18. The molecule has 0 saturated carbocycles. The Kier molecular flexibility index (Phi) is 3.39. The van der Waals surface area contributed by atoms with Crippen LogP contribution in [0.4, 0.5) is 0 Å². The fourth-order valence-electron chi connectivity index (χ4n) is 1.01. The van der Waals surface area contributed by atoms with Gasteiger partial charge in [0.15, 0.2) is 12.1 Å². The van der Waals surface area contributed by atoms with E-state index in [9.17, 15) is 9.59 Å². The van der Waals surface area contributed by atoms with Gasteiger partial charge in [-0.25, -0.2) is 4.98 Å². The van der Waals surface area contributed by atoms with Gasteiger partial charge in [-0.3, -0.25) is 9.59 Å². The maximum Gasteiger partial charge on any atom is 0.326 e. The fraction of sp³-hybridized carbons (Fsp3) is 0.444. The number of hydrogen-bond acceptors (Lipinski definition) is 4. The van der Waals surface area contributed by atoms with Gasteiger partial charge < -0.3 is 9.30 Å². The van der Waals surface area contributed by atoms with Gasteiger partial charge in [0.2, 0.25) is 0 Å². The summed E-state index contributed by atoms with van der Waals surface area (Å²) in [6, 6.07) is 0. The van der Waals surface area contributed by atoms with Crippen LogP contribution in [-0.2, 0) is 16.1 Å². The van der Waals surface area contributed by atoms with Crippen molar-refractivity contribution in [2.45, 2.75) is 26.5 Å². The third-order valence-electron chi connectivity index (χ3n) is 1.52. The topological polar surface area (TPSA) is 61.2 Å². The van der Waals surface area contributed by atoms with E-state index >= 15 is 0 Å². The Bertz CT molecular complexity index is 331. The van der Waals surface area contributed by atoms with Crippen LogP contribution in [0, 0.1) is 0 Å².